The molecule has 0 fully saturated rings. The third-order valence-electron chi connectivity index (χ3n) is 2.62. The highest BCUT2D eigenvalue weighted by atomic mass is 16.5. The summed E-state index contributed by atoms with van der Waals surface area (Å²) in [6, 6.07) is 5.33. The molecule has 1 atom stereocenters. The highest BCUT2D eigenvalue weighted by Crippen LogP contribution is 2.35. The van der Waals surface area contributed by atoms with E-state index in [2.05, 4.69) is 0 Å². The lowest BCUT2D eigenvalue weighted by Crippen LogP contribution is -2.47. The van der Waals surface area contributed by atoms with E-state index in [4.69, 9.17) is 15.2 Å². The molecule has 1 amide bonds. The maximum Gasteiger partial charge on any atom is 0.269 e. The number of carbonyl (C=O) groups is 1. The van der Waals surface area contributed by atoms with Gasteiger partial charge in [-0.15, -0.1) is 0 Å². The van der Waals surface area contributed by atoms with Crippen molar-refractivity contribution in [3.05, 3.63) is 18.2 Å². The molecular weight excluding hydrogens is 208 g/mol. The summed E-state index contributed by atoms with van der Waals surface area (Å²) in [5.41, 5.74) is 6.17. The van der Waals surface area contributed by atoms with Crippen LogP contribution < -0.4 is 20.1 Å². The van der Waals surface area contributed by atoms with E-state index in [1.54, 1.807) is 37.3 Å². The molecule has 1 aromatic carbocycles. The van der Waals surface area contributed by atoms with Gasteiger partial charge in [-0.25, -0.2) is 0 Å². The Morgan fingerprint density at radius 1 is 1.56 bits per heavy atom. The van der Waals surface area contributed by atoms with E-state index in [1.807, 2.05) is 0 Å². The van der Waals surface area contributed by atoms with Crippen LogP contribution in [0.2, 0.25) is 0 Å². The second kappa shape index (κ2) is 4.02. The number of nitrogens with two attached hydrogens (primary N) is 1. The Labute approximate surface area is 93.7 Å². The molecule has 86 valence electrons. The number of benzene rings is 1. The number of methoxy groups -OCH3 is 1. The maximum atomic E-state index is 11.8. The van der Waals surface area contributed by atoms with Gasteiger partial charge in [0.25, 0.3) is 5.91 Å². The highest BCUT2D eigenvalue weighted by Gasteiger charge is 2.31. The van der Waals surface area contributed by atoms with Crippen molar-refractivity contribution in [2.75, 3.05) is 25.6 Å². The molecule has 0 spiro atoms. The number of nitrogens with zero attached hydrogens (tertiary/aromatic N) is 1. The zero-order valence-electron chi connectivity index (χ0n) is 9.27. The summed E-state index contributed by atoms with van der Waals surface area (Å²) in [7, 11) is 3.28. The Kier molecular flexibility index (Phi) is 2.70. The van der Waals surface area contributed by atoms with Crippen molar-refractivity contribution in [3.63, 3.8) is 0 Å². The van der Waals surface area contributed by atoms with Crippen LogP contribution in [0.3, 0.4) is 0 Å². The summed E-state index contributed by atoms with van der Waals surface area (Å²) in [6.45, 7) is 0.175. The lowest BCUT2D eigenvalue weighted by molar-refractivity contribution is -0.125. The van der Waals surface area contributed by atoms with Crippen LogP contribution in [0.1, 0.15) is 0 Å². The smallest absolute Gasteiger partial charge is 0.269 e. The van der Waals surface area contributed by atoms with Gasteiger partial charge in [0, 0.05) is 19.7 Å². The van der Waals surface area contributed by atoms with E-state index in [-0.39, 0.29) is 12.5 Å². The van der Waals surface area contributed by atoms with Crippen molar-refractivity contribution >= 4 is 11.6 Å². The van der Waals surface area contributed by atoms with Crippen molar-refractivity contribution in [2.24, 2.45) is 5.73 Å². The quantitative estimate of drug-likeness (QED) is 0.785. The van der Waals surface area contributed by atoms with Gasteiger partial charge in [-0.2, -0.15) is 0 Å². The van der Waals surface area contributed by atoms with Gasteiger partial charge in [-0.05, 0) is 12.1 Å². The Morgan fingerprint density at radius 2 is 2.31 bits per heavy atom. The molecule has 1 unspecified atom stereocenters. The molecule has 0 radical (unpaired) electrons. The number of likely N-dealkylation sites (N-methyl/N-ethyl adjacent to an activating group) is 1. The van der Waals surface area contributed by atoms with Crippen molar-refractivity contribution in [1.29, 1.82) is 0 Å². The number of ether oxygens (including phenoxy) is 2. The first kappa shape index (κ1) is 10.8. The summed E-state index contributed by atoms with van der Waals surface area (Å²) in [5, 5.41) is 0. The average Bonchev–Trinajstić information content (AvgIpc) is 2.33. The van der Waals surface area contributed by atoms with Crippen LogP contribution in [0.4, 0.5) is 5.69 Å². The number of anilines is 1. The molecule has 0 saturated carbocycles. The molecule has 0 saturated heterocycles. The molecular formula is C11H14N2O3. The molecule has 0 bridgehead atoms. The molecule has 1 aliphatic heterocycles. The molecule has 2 N–H and O–H groups in total. The summed E-state index contributed by atoms with van der Waals surface area (Å²) >= 11 is 0. The fourth-order valence-electron chi connectivity index (χ4n) is 1.67. The Balaban J connectivity index is 2.42. The first-order chi connectivity index (χ1) is 7.67. The van der Waals surface area contributed by atoms with Crippen LogP contribution in [-0.4, -0.2) is 32.7 Å². The zero-order chi connectivity index (χ0) is 11.7. The zero-order valence-corrected chi connectivity index (χ0v) is 9.27. The van der Waals surface area contributed by atoms with Crippen LogP contribution in [0, 0.1) is 0 Å². The maximum absolute atomic E-state index is 11.8. The second-order valence-corrected chi connectivity index (χ2v) is 3.57. The number of hydrogen-bond acceptors (Lipinski definition) is 4. The van der Waals surface area contributed by atoms with Crippen LogP contribution >= 0.6 is 0 Å². The minimum absolute atomic E-state index is 0.136. The van der Waals surface area contributed by atoms with Crippen molar-refractivity contribution in [1.82, 2.24) is 0 Å². The van der Waals surface area contributed by atoms with Gasteiger partial charge in [0.2, 0.25) is 0 Å². The van der Waals surface area contributed by atoms with Crippen molar-refractivity contribution in [3.8, 4) is 11.5 Å². The molecule has 16 heavy (non-hydrogen) atoms. The molecule has 5 heteroatoms. The van der Waals surface area contributed by atoms with Gasteiger partial charge in [0.05, 0.1) is 12.8 Å². The van der Waals surface area contributed by atoms with Crippen LogP contribution in [0.25, 0.3) is 0 Å². The first-order valence-electron chi connectivity index (χ1n) is 4.99. The fourth-order valence-corrected chi connectivity index (χ4v) is 1.67. The van der Waals surface area contributed by atoms with Gasteiger partial charge in [0.15, 0.2) is 6.10 Å². The number of carbonyl (C=O) groups excluding carboxylic acids is 1. The average molecular weight is 222 g/mol. The number of hydrogen-bond donors (Lipinski definition) is 1. The Hall–Kier alpha value is -1.75. The Bertz CT molecular complexity index is 420. The minimum atomic E-state index is -0.592. The predicted octanol–water partition coefficient (Wildman–Crippen LogP) is 0.378. The monoisotopic (exact) mass is 222 g/mol. The fraction of sp³-hybridized carbons (Fsp3) is 0.364. The van der Waals surface area contributed by atoms with E-state index in [1.165, 1.54) is 0 Å². The summed E-state index contributed by atoms with van der Waals surface area (Å²) in [5.74, 6) is 1.20. The largest absolute Gasteiger partial charge is 0.497 e. The molecule has 1 aromatic rings. The number of fused-ring (bicyclic) bond motifs is 1. The van der Waals surface area contributed by atoms with E-state index in [0.717, 1.165) is 0 Å². The Morgan fingerprint density at radius 3 is 2.94 bits per heavy atom. The lowest BCUT2D eigenvalue weighted by Gasteiger charge is -2.31. The predicted molar refractivity (Wildman–Crippen MR) is 59.9 cm³/mol. The van der Waals surface area contributed by atoms with Gasteiger partial charge in [-0.1, -0.05) is 0 Å². The van der Waals surface area contributed by atoms with E-state index >= 15 is 0 Å². The van der Waals surface area contributed by atoms with Gasteiger partial charge in [-0.3, -0.25) is 4.79 Å². The molecule has 1 heterocycles. The van der Waals surface area contributed by atoms with Gasteiger partial charge in [0.1, 0.15) is 11.5 Å². The second-order valence-electron chi connectivity index (χ2n) is 3.57. The normalized spacial score (nSPS) is 19.1. The summed E-state index contributed by atoms with van der Waals surface area (Å²) in [6.07, 6.45) is -0.592. The molecule has 2 rings (SSSR count). The topological polar surface area (TPSA) is 64.8 Å². The molecule has 1 aliphatic rings. The van der Waals surface area contributed by atoms with E-state index < -0.39 is 6.10 Å². The van der Waals surface area contributed by atoms with E-state index in [9.17, 15) is 4.79 Å². The third-order valence-corrected chi connectivity index (χ3v) is 2.62. The molecule has 0 aliphatic carbocycles. The number of amides is 1. The lowest BCUT2D eigenvalue weighted by atomic mass is 10.2. The summed E-state index contributed by atoms with van der Waals surface area (Å²) in [4.78, 5) is 13.3. The molecule has 0 aromatic heterocycles. The van der Waals surface area contributed by atoms with Crippen molar-refractivity contribution in [2.45, 2.75) is 6.10 Å². The van der Waals surface area contributed by atoms with Crippen molar-refractivity contribution < 1.29 is 14.3 Å². The number of rotatable bonds is 2. The summed E-state index contributed by atoms with van der Waals surface area (Å²) < 4.78 is 10.6. The van der Waals surface area contributed by atoms with Crippen LogP contribution in [0.15, 0.2) is 18.2 Å². The highest BCUT2D eigenvalue weighted by molar-refractivity contribution is 5.99. The van der Waals surface area contributed by atoms with Gasteiger partial charge >= 0.3 is 0 Å². The SMILES string of the molecule is COc1ccc2c(c1)N(C)C(=O)C(CN)O2. The standard InChI is InChI=1S/C11H14N2O3/c1-13-8-5-7(15-2)3-4-9(8)16-10(6-12)11(13)14/h3-5,10H,6,12H2,1-2H3. The van der Waals surface area contributed by atoms with Gasteiger partial charge < -0.3 is 20.1 Å². The minimum Gasteiger partial charge on any atom is -0.497 e. The van der Waals surface area contributed by atoms with E-state index in [0.29, 0.717) is 17.2 Å². The van der Waals surface area contributed by atoms with Crippen LogP contribution in [-0.2, 0) is 4.79 Å². The molecule has 5 nitrogen and oxygen atoms in total. The van der Waals surface area contributed by atoms with Crippen LogP contribution in [0.5, 0.6) is 11.5 Å². The first-order valence-corrected chi connectivity index (χ1v) is 4.99. The third kappa shape index (κ3) is 1.59.